The quantitative estimate of drug-likeness (QED) is 0.830. The van der Waals surface area contributed by atoms with E-state index < -0.39 is 0 Å². The Morgan fingerprint density at radius 1 is 1.12 bits per heavy atom. The lowest BCUT2D eigenvalue weighted by molar-refractivity contribution is -0.148. The van der Waals surface area contributed by atoms with Gasteiger partial charge in [-0.25, -0.2) is 0 Å². The monoisotopic (exact) mass is 348 g/mol. The first-order valence-electron chi connectivity index (χ1n) is 10.3. The molecule has 4 aliphatic rings. The minimum Gasteiger partial charge on any atom is -0.378 e. The van der Waals surface area contributed by atoms with Gasteiger partial charge in [0, 0.05) is 37.1 Å². The summed E-state index contributed by atoms with van der Waals surface area (Å²) in [6, 6.07) is 0.272. The van der Waals surface area contributed by atoms with E-state index in [-0.39, 0.29) is 35.1 Å². The maximum absolute atomic E-state index is 12.9. The highest BCUT2D eigenvalue weighted by molar-refractivity contribution is 5.83. The molecule has 1 aliphatic heterocycles. The third-order valence-electron chi connectivity index (χ3n) is 7.03. The number of hydrogen-bond donors (Lipinski definition) is 1. The third kappa shape index (κ3) is 3.20. The summed E-state index contributed by atoms with van der Waals surface area (Å²) in [5, 5.41) is 3.35. The van der Waals surface area contributed by atoms with Crippen LogP contribution in [0.1, 0.15) is 64.7 Å². The van der Waals surface area contributed by atoms with Crippen molar-refractivity contribution in [3.05, 3.63) is 0 Å². The van der Waals surface area contributed by atoms with Crippen LogP contribution < -0.4 is 5.32 Å². The van der Waals surface area contributed by atoms with Crippen molar-refractivity contribution < 1.29 is 14.3 Å². The van der Waals surface area contributed by atoms with Gasteiger partial charge in [0.2, 0.25) is 11.8 Å². The van der Waals surface area contributed by atoms with E-state index in [4.69, 9.17) is 4.74 Å². The zero-order valence-corrected chi connectivity index (χ0v) is 15.5. The largest absolute Gasteiger partial charge is 0.378 e. The van der Waals surface area contributed by atoms with Crippen molar-refractivity contribution in [3.63, 3.8) is 0 Å². The van der Waals surface area contributed by atoms with Crippen LogP contribution in [0, 0.1) is 17.3 Å². The van der Waals surface area contributed by atoms with Crippen LogP contribution in [0.5, 0.6) is 0 Å². The van der Waals surface area contributed by atoms with E-state index in [1.54, 1.807) is 0 Å². The summed E-state index contributed by atoms with van der Waals surface area (Å²) in [6.07, 6.45) is 10.1. The molecule has 5 heteroatoms. The Morgan fingerprint density at radius 3 is 2.56 bits per heavy atom. The van der Waals surface area contributed by atoms with Crippen LogP contribution in [0.2, 0.25) is 0 Å². The van der Waals surface area contributed by atoms with E-state index in [0.29, 0.717) is 12.6 Å². The molecule has 25 heavy (non-hydrogen) atoms. The summed E-state index contributed by atoms with van der Waals surface area (Å²) in [4.78, 5) is 27.1. The molecule has 0 aromatic carbocycles. The van der Waals surface area contributed by atoms with Gasteiger partial charge < -0.3 is 15.0 Å². The van der Waals surface area contributed by atoms with Gasteiger partial charge in [-0.2, -0.15) is 0 Å². The second kappa shape index (κ2) is 6.90. The molecule has 0 aromatic heterocycles. The maximum Gasteiger partial charge on any atom is 0.225 e. The van der Waals surface area contributed by atoms with Crippen LogP contribution in [0.3, 0.4) is 0 Å². The first-order valence-corrected chi connectivity index (χ1v) is 10.3. The molecule has 4 fully saturated rings. The average Bonchev–Trinajstić information content (AvgIpc) is 3.34. The van der Waals surface area contributed by atoms with Gasteiger partial charge >= 0.3 is 0 Å². The van der Waals surface area contributed by atoms with Gasteiger partial charge in [-0.05, 0) is 51.9 Å². The molecule has 0 aromatic rings. The Kier molecular flexibility index (Phi) is 4.78. The first-order chi connectivity index (χ1) is 12.1. The number of carbonyl (C=O) groups excluding carboxylic acids is 2. The van der Waals surface area contributed by atoms with Gasteiger partial charge in [0.15, 0.2) is 0 Å². The Morgan fingerprint density at radius 2 is 1.88 bits per heavy atom. The van der Waals surface area contributed by atoms with Crippen LogP contribution in [-0.2, 0) is 14.3 Å². The summed E-state index contributed by atoms with van der Waals surface area (Å²) in [5.74, 6) is 0.674. The van der Waals surface area contributed by atoms with Crippen molar-refractivity contribution in [2.75, 3.05) is 19.7 Å². The minimum absolute atomic E-state index is 0.0268. The van der Waals surface area contributed by atoms with E-state index in [9.17, 15) is 9.59 Å². The van der Waals surface area contributed by atoms with Gasteiger partial charge in [0.05, 0.1) is 12.0 Å². The number of nitrogens with zero attached hydrogens (tertiary/aromatic N) is 1. The number of nitrogens with one attached hydrogen (secondary N) is 1. The molecule has 0 radical (unpaired) electrons. The number of amides is 2. The van der Waals surface area contributed by atoms with Crippen LogP contribution in [-0.4, -0.2) is 48.6 Å². The van der Waals surface area contributed by atoms with Crippen LogP contribution in [0.25, 0.3) is 0 Å². The molecular weight excluding hydrogens is 316 g/mol. The van der Waals surface area contributed by atoms with E-state index in [1.807, 2.05) is 4.90 Å². The Balaban J connectivity index is 1.34. The summed E-state index contributed by atoms with van der Waals surface area (Å²) in [6.45, 7) is 4.27. The normalized spacial score (nSPS) is 34.0. The van der Waals surface area contributed by atoms with Gasteiger partial charge in [-0.1, -0.05) is 12.8 Å². The number of likely N-dealkylation sites (tertiary alicyclic amines) is 1. The number of hydrogen-bond acceptors (Lipinski definition) is 3. The fraction of sp³-hybridized carbons (Fsp3) is 0.900. The Labute approximate surface area is 150 Å². The molecule has 5 nitrogen and oxygen atoms in total. The van der Waals surface area contributed by atoms with Gasteiger partial charge in [0.25, 0.3) is 0 Å². The molecule has 1 heterocycles. The van der Waals surface area contributed by atoms with E-state index in [0.717, 1.165) is 45.3 Å². The van der Waals surface area contributed by atoms with Crippen molar-refractivity contribution >= 4 is 11.8 Å². The van der Waals surface area contributed by atoms with Gasteiger partial charge in [-0.15, -0.1) is 0 Å². The second-order valence-corrected chi connectivity index (χ2v) is 8.58. The molecule has 140 valence electrons. The van der Waals surface area contributed by atoms with Crippen molar-refractivity contribution in [2.24, 2.45) is 17.3 Å². The minimum atomic E-state index is -0.0268. The highest BCUT2D eigenvalue weighted by Crippen LogP contribution is 2.54. The standard InChI is InChI=1S/C20H32N2O3/c1-2-25-17-12-16(20(17)9-3-4-10-20)21-18(23)15-6-5-11-22(13-15)19(24)14-7-8-14/h14-17H,2-13H2,1H3,(H,21,23)/t15-,16-,17-/m1/s1. The molecule has 3 atom stereocenters. The zero-order chi connectivity index (χ0) is 17.4. The van der Waals surface area contributed by atoms with Gasteiger partial charge in [0.1, 0.15) is 0 Å². The molecular formula is C20H32N2O3. The van der Waals surface area contributed by atoms with Crippen molar-refractivity contribution in [2.45, 2.75) is 76.9 Å². The second-order valence-electron chi connectivity index (χ2n) is 8.58. The number of piperidine rings is 1. The zero-order valence-electron chi connectivity index (χ0n) is 15.5. The molecule has 0 unspecified atom stereocenters. The molecule has 3 aliphatic carbocycles. The fourth-order valence-corrected chi connectivity index (χ4v) is 5.36. The predicted molar refractivity (Wildman–Crippen MR) is 94.9 cm³/mol. The summed E-state index contributed by atoms with van der Waals surface area (Å²) in [5.41, 5.74) is 0.184. The first kappa shape index (κ1) is 17.3. The smallest absolute Gasteiger partial charge is 0.225 e. The van der Waals surface area contributed by atoms with Crippen molar-refractivity contribution in [1.82, 2.24) is 10.2 Å². The molecule has 3 saturated carbocycles. The lowest BCUT2D eigenvalue weighted by Crippen LogP contribution is -2.64. The van der Waals surface area contributed by atoms with E-state index >= 15 is 0 Å². The Hall–Kier alpha value is -1.10. The molecule has 1 spiro atoms. The van der Waals surface area contributed by atoms with E-state index in [2.05, 4.69) is 12.2 Å². The van der Waals surface area contributed by atoms with Crippen LogP contribution >= 0.6 is 0 Å². The topological polar surface area (TPSA) is 58.6 Å². The summed E-state index contributed by atoms with van der Waals surface area (Å²) in [7, 11) is 0. The highest BCUT2D eigenvalue weighted by Gasteiger charge is 2.57. The molecule has 2 amide bonds. The third-order valence-corrected chi connectivity index (χ3v) is 7.03. The number of rotatable bonds is 5. The van der Waals surface area contributed by atoms with Crippen molar-refractivity contribution in [1.29, 1.82) is 0 Å². The number of ether oxygens (including phenoxy) is 1. The van der Waals surface area contributed by atoms with Gasteiger partial charge in [-0.3, -0.25) is 9.59 Å². The molecule has 4 rings (SSSR count). The average molecular weight is 348 g/mol. The predicted octanol–water partition coefficient (Wildman–Crippen LogP) is 2.49. The lowest BCUT2D eigenvalue weighted by atomic mass is 9.60. The fourth-order valence-electron chi connectivity index (χ4n) is 5.36. The highest BCUT2D eigenvalue weighted by atomic mass is 16.5. The Bertz CT molecular complexity index is 525. The van der Waals surface area contributed by atoms with Crippen molar-refractivity contribution in [3.8, 4) is 0 Å². The van der Waals surface area contributed by atoms with Crippen LogP contribution in [0.15, 0.2) is 0 Å². The SMILES string of the molecule is CCO[C@@H]1C[C@@H](NC(=O)[C@@H]2CCCN(C(=O)C3CC3)C2)C12CCCC2. The number of carbonyl (C=O) groups is 2. The summed E-state index contributed by atoms with van der Waals surface area (Å²) >= 11 is 0. The summed E-state index contributed by atoms with van der Waals surface area (Å²) < 4.78 is 5.95. The lowest BCUT2D eigenvalue weighted by Gasteiger charge is -2.54. The molecule has 0 bridgehead atoms. The maximum atomic E-state index is 12.9. The molecule has 1 N–H and O–H groups in total. The van der Waals surface area contributed by atoms with E-state index in [1.165, 1.54) is 25.7 Å². The van der Waals surface area contributed by atoms with Crippen LogP contribution in [0.4, 0.5) is 0 Å². The molecule has 1 saturated heterocycles.